The molecule has 0 radical (unpaired) electrons. The van der Waals surface area contributed by atoms with Crippen molar-refractivity contribution < 1.29 is 29.6 Å². The Labute approximate surface area is 258 Å². The van der Waals surface area contributed by atoms with E-state index in [0.717, 1.165) is 45.8 Å². The van der Waals surface area contributed by atoms with E-state index < -0.39 is 17.5 Å². The first-order valence-electron chi connectivity index (χ1n) is 14.3. The maximum Gasteiger partial charge on any atom is 0.341 e. The third kappa shape index (κ3) is 5.18. The van der Waals surface area contributed by atoms with Gasteiger partial charge in [-0.2, -0.15) is 0 Å². The first-order chi connectivity index (χ1) is 19.6. The van der Waals surface area contributed by atoms with Gasteiger partial charge in [-0.15, -0.1) is 0 Å². The first-order valence-corrected chi connectivity index (χ1v) is 15.8. The number of carboxylic acid groups (broad SMARTS) is 1. The molecule has 0 amide bonds. The van der Waals surface area contributed by atoms with Crippen molar-refractivity contribution in [1.82, 2.24) is 0 Å². The second-order valence-corrected chi connectivity index (χ2v) is 12.3. The quantitative estimate of drug-likeness (QED) is 0.175. The topological polar surface area (TPSA) is 104 Å². The zero-order valence-electron chi connectivity index (χ0n) is 23.9. The molecular formula is C33H36Br2O6. The first kappa shape index (κ1) is 31.1. The number of rotatable bonds is 11. The number of phenolic OH excluding ortho intramolecular Hbond substituents is 2. The van der Waals surface area contributed by atoms with Gasteiger partial charge in [0.15, 0.2) is 5.60 Å². The van der Waals surface area contributed by atoms with Crippen LogP contribution in [0.25, 0.3) is 0 Å². The highest BCUT2D eigenvalue weighted by atomic mass is 79.9. The molecule has 1 aliphatic rings. The van der Waals surface area contributed by atoms with E-state index in [1.165, 1.54) is 6.07 Å². The van der Waals surface area contributed by atoms with E-state index in [9.17, 15) is 24.9 Å². The van der Waals surface area contributed by atoms with Gasteiger partial charge in [0.2, 0.25) is 0 Å². The van der Waals surface area contributed by atoms with Crippen molar-refractivity contribution in [3.05, 3.63) is 89.3 Å². The van der Waals surface area contributed by atoms with E-state index in [2.05, 4.69) is 31.9 Å². The van der Waals surface area contributed by atoms with Crippen LogP contribution < -0.4 is 0 Å². The Balaban J connectivity index is 2.31. The molecule has 0 saturated heterocycles. The van der Waals surface area contributed by atoms with Crippen molar-refractivity contribution in [3.8, 4) is 11.5 Å². The number of aromatic hydroxyl groups is 2. The summed E-state index contributed by atoms with van der Waals surface area (Å²) in [7, 11) is 0. The highest BCUT2D eigenvalue weighted by Crippen LogP contribution is 2.57. The van der Waals surface area contributed by atoms with Gasteiger partial charge in [-0.3, -0.25) is 0 Å². The van der Waals surface area contributed by atoms with Crippen molar-refractivity contribution in [2.45, 2.75) is 84.7 Å². The molecule has 218 valence electrons. The van der Waals surface area contributed by atoms with Crippen LogP contribution in [0.4, 0.5) is 0 Å². The third-order valence-corrected chi connectivity index (χ3v) is 9.15. The molecule has 3 aromatic carbocycles. The Morgan fingerprint density at radius 1 is 0.805 bits per heavy atom. The Kier molecular flexibility index (Phi) is 9.54. The molecule has 0 atom stereocenters. The Bertz CT molecular complexity index is 1440. The second kappa shape index (κ2) is 12.6. The van der Waals surface area contributed by atoms with Crippen molar-refractivity contribution >= 4 is 43.8 Å². The molecule has 0 unspecified atom stereocenters. The number of carboxylic acids is 1. The molecule has 6 nitrogen and oxygen atoms in total. The number of aryl methyl sites for hydroxylation is 2. The SMILES string of the molecule is CCCc1cc(Br)c(CCC)c(O)c1C1(c2c(CCC)cc(Br)c(CCC)c2O)OC(=O)c2c(C(=O)O)cccc21. The summed E-state index contributed by atoms with van der Waals surface area (Å²) in [5.41, 5.74) is 1.87. The van der Waals surface area contributed by atoms with Gasteiger partial charge in [0.25, 0.3) is 0 Å². The van der Waals surface area contributed by atoms with Gasteiger partial charge in [-0.1, -0.05) is 97.4 Å². The predicted octanol–water partition coefficient (Wildman–Crippen LogP) is 8.59. The monoisotopic (exact) mass is 686 g/mol. The smallest absolute Gasteiger partial charge is 0.341 e. The summed E-state index contributed by atoms with van der Waals surface area (Å²) in [4.78, 5) is 26.1. The van der Waals surface area contributed by atoms with Crippen LogP contribution in [0.3, 0.4) is 0 Å². The van der Waals surface area contributed by atoms with Gasteiger partial charge in [0.05, 0.1) is 22.3 Å². The lowest BCUT2D eigenvalue weighted by molar-refractivity contribution is 0.0231. The normalized spacial score (nSPS) is 13.8. The van der Waals surface area contributed by atoms with Crippen molar-refractivity contribution in [1.29, 1.82) is 0 Å². The van der Waals surface area contributed by atoms with Gasteiger partial charge >= 0.3 is 11.9 Å². The molecule has 0 fully saturated rings. The molecule has 3 aromatic rings. The van der Waals surface area contributed by atoms with Gasteiger partial charge < -0.3 is 20.1 Å². The van der Waals surface area contributed by atoms with E-state index >= 15 is 0 Å². The molecule has 0 bridgehead atoms. The number of hydrogen-bond donors (Lipinski definition) is 3. The Morgan fingerprint density at radius 3 is 1.68 bits per heavy atom. The van der Waals surface area contributed by atoms with Crippen molar-refractivity contribution in [2.75, 3.05) is 0 Å². The highest BCUT2D eigenvalue weighted by Gasteiger charge is 2.55. The molecule has 0 aliphatic carbocycles. The summed E-state index contributed by atoms with van der Waals surface area (Å²) in [5.74, 6) is -2.10. The average molecular weight is 688 g/mol. The van der Waals surface area contributed by atoms with Crippen LogP contribution in [-0.2, 0) is 36.0 Å². The second-order valence-electron chi connectivity index (χ2n) is 10.5. The number of esters is 1. The number of halogens is 2. The third-order valence-electron chi connectivity index (χ3n) is 7.73. The van der Waals surface area contributed by atoms with Gasteiger partial charge in [0, 0.05) is 25.6 Å². The summed E-state index contributed by atoms with van der Waals surface area (Å²) in [5, 5.41) is 34.2. The largest absolute Gasteiger partial charge is 0.507 e. The lowest BCUT2D eigenvalue weighted by atomic mass is 9.72. The van der Waals surface area contributed by atoms with E-state index in [0.29, 0.717) is 53.5 Å². The van der Waals surface area contributed by atoms with Crippen molar-refractivity contribution in [3.63, 3.8) is 0 Å². The fraction of sp³-hybridized carbons (Fsp3) is 0.394. The summed E-state index contributed by atoms with van der Waals surface area (Å²) in [6.45, 7) is 8.08. The minimum absolute atomic E-state index is 0.0205. The molecule has 0 aromatic heterocycles. The number of benzene rings is 3. The maximum absolute atomic E-state index is 13.8. The van der Waals surface area contributed by atoms with Crippen LogP contribution in [0, 0.1) is 0 Å². The molecule has 0 saturated carbocycles. The summed E-state index contributed by atoms with van der Waals surface area (Å²) in [6, 6.07) is 8.57. The summed E-state index contributed by atoms with van der Waals surface area (Å²) >= 11 is 7.31. The minimum atomic E-state index is -1.77. The number of fused-ring (bicyclic) bond motifs is 1. The van der Waals surface area contributed by atoms with Crippen LogP contribution in [0.1, 0.15) is 113 Å². The fourth-order valence-corrected chi connectivity index (χ4v) is 7.46. The molecule has 1 heterocycles. The summed E-state index contributed by atoms with van der Waals surface area (Å²) < 4.78 is 7.92. The lowest BCUT2D eigenvalue weighted by Gasteiger charge is -2.36. The Morgan fingerprint density at radius 2 is 1.27 bits per heavy atom. The number of phenols is 2. The average Bonchev–Trinajstić information content (AvgIpc) is 3.21. The van der Waals surface area contributed by atoms with E-state index in [1.807, 2.05) is 39.8 Å². The van der Waals surface area contributed by atoms with E-state index in [1.54, 1.807) is 12.1 Å². The number of hydrogen-bond acceptors (Lipinski definition) is 5. The number of aromatic carboxylic acids is 1. The van der Waals surface area contributed by atoms with Crippen LogP contribution in [-0.4, -0.2) is 27.3 Å². The van der Waals surface area contributed by atoms with Crippen LogP contribution in [0.15, 0.2) is 39.3 Å². The number of ether oxygens (including phenoxy) is 1. The van der Waals surface area contributed by atoms with Gasteiger partial charge in [0.1, 0.15) is 11.5 Å². The standard InChI is InChI=1S/C33H36Br2O6/c1-5-10-18-16-24(34)20(12-7-3)29(36)27(18)33(23-15-9-14-22(31(38)39)26(23)32(40)41-33)28-19(11-6-2)17-25(35)21(13-8-4)30(28)37/h9,14-17,36-37H,5-8,10-13H2,1-4H3,(H,38,39). The van der Waals surface area contributed by atoms with Gasteiger partial charge in [-0.05, 0) is 55.0 Å². The molecule has 41 heavy (non-hydrogen) atoms. The molecule has 1 aliphatic heterocycles. The molecular weight excluding hydrogens is 652 g/mol. The number of carbonyl (C=O) groups excluding carboxylic acids is 1. The molecule has 3 N–H and O–H groups in total. The fourth-order valence-electron chi connectivity index (χ4n) is 6.14. The molecule has 4 rings (SSSR count). The predicted molar refractivity (Wildman–Crippen MR) is 166 cm³/mol. The molecule has 0 spiro atoms. The summed E-state index contributed by atoms with van der Waals surface area (Å²) in [6.07, 6.45) is 5.25. The van der Waals surface area contributed by atoms with E-state index in [-0.39, 0.29) is 22.6 Å². The van der Waals surface area contributed by atoms with Crippen LogP contribution in [0.2, 0.25) is 0 Å². The highest BCUT2D eigenvalue weighted by molar-refractivity contribution is 9.10. The van der Waals surface area contributed by atoms with Gasteiger partial charge in [-0.25, -0.2) is 9.59 Å². The molecule has 8 heteroatoms. The van der Waals surface area contributed by atoms with Crippen molar-refractivity contribution in [2.24, 2.45) is 0 Å². The number of carbonyl (C=O) groups is 2. The van der Waals surface area contributed by atoms with Crippen LogP contribution >= 0.6 is 31.9 Å². The maximum atomic E-state index is 13.8. The van der Waals surface area contributed by atoms with Crippen LogP contribution in [0.5, 0.6) is 11.5 Å². The zero-order chi connectivity index (χ0) is 30.1. The number of cyclic esters (lactones) is 1. The zero-order valence-corrected chi connectivity index (χ0v) is 27.0. The minimum Gasteiger partial charge on any atom is -0.507 e. The Hall–Kier alpha value is -2.84. The van der Waals surface area contributed by atoms with E-state index in [4.69, 9.17) is 4.74 Å². The lowest BCUT2D eigenvalue weighted by Crippen LogP contribution is -2.33.